The molecule has 0 aliphatic carbocycles. The Bertz CT molecular complexity index is 272. The fourth-order valence-corrected chi connectivity index (χ4v) is 5.02. The van der Waals surface area contributed by atoms with Crippen molar-refractivity contribution in [2.75, 3.05) is 0 Å². The Kier molecular flexibility index (Phi) is 17.1. The monoisotopic (exact) mass is 366 g/mol. The number of unbranched alkanes of at least 4 members (excludes halogenated alkanes) is 5. The predicted molar refractivity (Wildman–Crippen MR) is 122 cm³/mol. The lowest BCUT2D eigenvalue weighted by Gasteiger charge is -2.27. The van der Waals surface area contributed by atoms with Gasteiger partial charge in [0.1, 0.15) is 0 Å². The molecule has 0 rings (SSSR count). The second-order valence-electron chi connectivity index (χ2n) is 9.69. The van der Waals surface area contributed by atoms with Crippen LogP contribution in [0, 0.1) is 29.6 Å². The van der Waals surface area contributed by atoms with Gasteiger partial charge in [-0.1, -0.05) is 126 Å². The highest BCUT2D eigenvalue weighted by Crippen LogP contribution is 2.30. The van der Waals surface area contributed by atoms with E-state index in [1.807, 2.05) is 0 Å². The molecule has 0 aromatic rings. The van der Waals surface area contributed by atoms with Gasteiger partial charge in [0, 0.05) is 0 Å². The molecule has 0 saturated carbocycles. The van der Waals surface area contributed by atoms with Crippen LogP contribution >= 0.6 is 0 Å². The molecule has 0 amide bonds. The van der Waals surface area contributed by atoms with Gasteiger partial charge in [-0.25, -0.2) is 0 Å². The van der Waals surface area contributed by atoms with E-state index in [1.165, 1.54) is 89.9 Å². The molecular weight excluding hydrogens is 312 g/mol. The van der Waals surface area contributed by atoms with Crippen molar-refractivity contribution >= 4 is 0 Å². The summed E-state index contributed by atoms with van der Waals surface area (Å²) in [6.07, 6.45) is 20.2. The lowest BCUT2D eigenvalue weighted by Crippen LogP contribution is -2.16. The smallest absolute Gasteiger partial charge is 0.0384 e. The summed E-state index contributed by atoms with van der Waals surface area (Å²) in [6, 6.07) is 0. The molecule has 0 nitrogen and oxygen atoms in total. The Morgan fingerprint density at radius 2 is 1.00 bits per heavy atom. The summed E-state index contributed by atoms with van der Waals surface area (Å²) in [5.74, 6) is 4.73. The Labute approximate surface area is 168 Å². The van der Waals surface area contributed by atoms with Gasteiger partial charge in [0.05, 0.1) is 0 Å². The van der Waals surface area contributed by atoms with Crippen LogP contribution in [0.25, 0.3) is 0 Å². The molecule has 0 spiro atoms. The first-order valence-corrected chi connectivity index (χ1v) is 12.5. The van der Waals surface area contributed by atoms with E-state index in [0.29, 0.717) is 0 Å². The van der Waals surface area contributed by atoms with Gasteiger partial charge >= 0.3 is 0 Å². The molecule has 0 radical (unpaired) electrons. The van der Waals surface area contributed by atoms with Gasteiger partial charge in [-0.05, 0) is 42.4 Å². The van der Waals surface area contributed by atoms with Crippen LogP contribution in [0.4, 0.5) is 0 Å². The van der Waals surface area contributed by atoms with Crippen LogP contribution in [-0.2, 0) is 0 Å². The van der Waals surface area contributed by atoms with Crippen LogP contribution in [0.3, 0.4) is 0 Å². The first kappa shape index (κ1) is 26.0. The summed E-state index contributed by atoms with van der Waals surface area (Å²) >= 11 is 0. The number of hydrogen-bond acceptors (Lipinski definition) is 0. The zero-order valence-electron chi connectivity index (χ0n) is 19.8. The van der Waals surface area contributed by atoms with Gasteiger partial charge in [-0.2, -0.15) is 0 Å². The van der Waals surface area contributed by atoms with E-state index in [2.05, 4.69) is 48.5 Å². The minimum atomic E-state index is 0.864. The van der Waals surface area contributed by atoms with Crippen molar-refractivity contribution < 1.29 is 0 Å². The first-order valence-electron chi connectivity index (χ1n) is 12.5. The fraction of sp³-hybridized carbons (Fsp3) is 1.00. The topological polar surface area (TPSA) is 0 Å². The number of hydrogen-bond donors (Lipinski definition) is 0. The quantitative estimate of drug-likeness (QED) is 0.212. The molecular formula is C26H54. The first-order chi connectivity index (χ1) is 12.5. The van der Waals surface area contributed by atoms with Gasteiger partial charge in [0.2, 0.25) is 0 Å². The van der Waals surface area contributed by atoms with E-state index in [0.717, 1.165) is 29.6 Å². The maximum absolute atomic E-state index is 2.48. The molecule has 0 N–H and O–H groups in total. The highest BCUT2D eigenvalue weighted by atomic mass is 14.2. The van der Waals surface area contributed by atoms with Gasteiger partial charge in [-0.3, -0.25) is 0 Å². The van der Waals surface area contributed by atoms with Crippen LogP contribution < -0.4 is 0 Å². The molecule has 0 heterocycles. The van der Waals surface area contributed by atoms with Gasteiger partial charge in [0.25, 0.3) is 0 Å². The lowest BCUT2D eigenvalue weighted by molar-refractivity contribution is 0.244. The van der Waals surface area contributed by atoms with Crippen molar-refractivity contribution in [3.8, 4) is 0 Å². The normalized spacial score (nSPS) is 14.5. The van der Waals surface area contributed by atoms with Gasteiger partial charge < -0.3 is 0 Å². The Morgan fingerprint density at radius 3 is 1.46 bits per heavy atom. The summed E-state index contributed by atoms with van der Waals surface area (Å²) in [7, 11) is 0. The van der Waals surface area contributed by atoms with Crippen molar-refractivity contribution in [1.82, 2.24) is 0 Å². The molecule has 0 aromatic carbocycles. The average Bonchev–Trinajstić information content (AvgIpc) is 2.62. The second kappa shape index (κ2) is 17.1. The van der Waals surface area contributed by atoms with E-state index in [9.17, 15) is 0 Å². The molecule has 0 saturated heterocycles. The summed E-state index contributed by atoms with van der Waals surface area (Å²) < 4.78 is 0. The highest BCUT2D eigenvalue weighted by molar-refractivity contribution is 4.70. The number of rotatable bonds is 18. The zero-order chi connectivity index (χ0) is 19.8. The molecule has 0 fully saturated rings. The van der Waals surface area contributed by atoms with E-state index >= 15 is 0 Å². The third-order valence-electron chi connectivity index (χ3n) is 6.90. The molecule has 0 heteroatoms. The summed E-state index contributed by atoms with van der Waals surface area (Å²) in [5, 5.41) is 0. The predicted octanol–water partition coefficient (Wildman–Crippen LogP) is 9.67. The summed E-state index contributed by atoms with van der Waals surface area (Å²) in [4.78, 5) is 0. The summed E-state index contributed by atoms with van der Waals surface area (Å²) in [5.41, 5.74) is 0. The van der Waals surface area contributed by atoms with Crippen LogP contribution in [-0.4, -0.2) is 0 Å². The SMILES string of the molecule is CCC(CC)CC(C)CCCCCCCCC(CC(C)C)C(CC)CC. The van der Waals surface area contributed by atoms with Crippen molar-refractivity contribution in [2.24, 2.45) is 29.6 Å². The van der Waals surface area contributed by atoms with Crippen LogP contribution in [0.5, 0.6) is 0 Å². The Balaban J connectivity index is 3.75. The van der Waals surface area contributed by atoms with E-state index in [-0.39, 0.29) is 0 Å². The average molecular weight is 367 g/mol. The van der Waals surface area contributed by atoms with Crippen molar-refractivity contribution in [3.63, 3.8) is 0 Å². The van der Waals surface area contributed by atoms with Crippen LogP contribution in [0.1, 0.15) is 138 Å². The fourth-order valence-electron chi connectivity index (χ4n) is 5.02. The van der Waals surface area contributed by atoms with Crippen molar-refractivity contribution in [3.05, 3.63) is 0 Å². The molecule has 2 atom stereocenters. The lowest BCUT2D eigenvalue weighted by atomic mass is 9.79. The maximum atomic E-state index is 2.48. The molecule has 0 aliphatic rings. The molecule has 158 valence electrons. The third kappa shape index (κ3) is 13.2. The van der Waals surface area contributed by atoms with Gasteiger partial charge in [0.15, 0.2) is 0 Å². The van der Waals surface area contributed by atoms with Crippen LogP contribution in [0.2, 0.25) is 0 Å². The molecule has 0 aliphatic heterocycles. The zero-order valence-corrected chi connectivity index (χ0v) is 19.8. The highest BCUT2D eigenvalue weighted by Gasteiger charge is 2.19. The Hall–Kier alpha value is 0. The maximum Gasteiger partial charge on any atom is -0.0384 e. The van der Waals surface area contributed by atoms with Crippen LogP contribution in [0.15, 0.2) is 0 Å². The standard InChI is InChI=1S/C26H54/c1-8-24(9-2)21-23(7)18-16-14-12-13-15-17-19-26(20-22(5)6)25(10-3)11-4/h22-26H,8-21H2,1-7H3. The Morgan fingerprint density at radius 1 is 0.500 bits per heavy atom. The summed E-state index contributed by atoms with van der Waals surface area (Å²) in [6.45, 7) is 16.8. The minimum absolute atomic E-state index is 0.864. The molecule has 2 unspecified atom stereocenters. The van der Waals surface area contributed by atoms with Gasteiger partial charge in [-0.15, -0.1) is 0 Å². The van der Waals surface area contributed by atoms with E-state index in [1.54, 1.807) is 0 Å². The molecule has 0 aromatic heterocycles. The third-order valence-corrected chi connectivity index (χ3v) is 6.90. The molecule has 0 bridgehead atoms. The van der Waals surface area contributed by atoms with E-state index < -0.39 is 0 Å². The largest absolute Gasteiger partial charge is 0.0651 e. The molecule has 26 heavy (non-hydrogen) atoms. The second-order valence-corrected chi connectivity index (χ2v) is 9.69. The van der Waals surface area contributed by atoms with Crippen molar-refractivity contribution in [2.45, 2.75) is 138 Å². The van der Waals surface area contributed by atoms with E-state index in [4.69, 9.17) is 0 Å². The minimum Gasteiger partial charge on any atom is -0.0651 e. The van der Waals surface area contributed by atoms with Crippen molar-refractivity contribution in [1.29, 1.82) is 0 Å².